The second kappa shape index (κ2) is 6.50. The van der Waals surface area contributed by atoms with E-state index in [0.717, 1.165) is 31.9 Å². The van der Waals surface area contributed by atoms with Crippen LogP contribution in [0.2, 0.25) is 5.02 Å². The number of benzene rings is 2. The van der Waals surface area contributed by atoms with Crippen LogP contribution in [0.3, 0.4) is 0 Å². The summed E-state index contributed by atoms with van der Waals surface area (Å²) in [6.45, 7) is 4.12. The van der Waals surface area contributed by atoms with E-state index in [9.17, 15) is 0 Å². The Morgan fingerprint density at radius 3 is 2.20 bits per heavy atom. The van der Waals surface area contributed by atoms with E-state index in [4.69, 9.17) is 16.3 Å². The fourth-order valence-electron chi connectivity index (χ4n) is 2.34. The van der Waals surface area contributed by atoms with Gasteiger partial charge in [0, 0.05) is 9.50 Å². The van der Waals surface area contributed by atoms with Gasteiger partial charge in [-0.05, 0) is 48.2 Å². The number of ether oxygens (including phenoxy) is 1. The molecule has 0 saturated heterocycles. The molecule has 0 N–H and O–H groups in total. The topological polar surface area (TPSA) is 9.23 Å². The van der Waals surface area contributed by atoms with Gasteiger partial charge in [-0.15, -0.1) is 0 Å². The lowest BCUT2D eigenvalue weighted by molar-refractivity contribution is 0.408. The van der Waals surface area contributed by atoms with E-state index in [2.05, 4.69) is 57.8 Å². The van der Waals surface area contributed by atoms with Crippen molar-refractivity contribution in [1.82, 2.24) is 0 Å². The van der Waals surface area contributed by atoms with Gasteiger partial charge in [0.2, 0.25) is 0 Å². The summed E-state index contributed by atoms with van der Waals surface area (Å²) in [6, 6.07) is 10.1. The van der Waals surface area contributed by atoms with Gasteiger partial charge in [-0.3, -0.25) is 0 Å². The monoisotopic (exact) mass is 416 g/mol. The zero-order valence-electron chi connectivity index (χ0n) is 11.5. The Balaban J connectivity index is 2.45. The van der Waals surface area contributed by atoms with Crippen molar-refractivity contribution >= 4 is 43.5 Å². The number of methoxy groups -OCH3 is 1. The molecule has 1 nitrogen and oxygen atoms in total. The Kier molecular flexibility index (Phi) is 5.16. The first-order valence-electron chi connectivity index (χ1n) is 6.18. The van der Waals surface area contributed by atoms with Gasteiger partial charge in [0.15, 0.2) is 0 Å². The Hall–Kier alpha value is -0.510. The van der Waals surface area contributed by atoms with Crippen molar-refractivity contribution < 1.29 is 4.74 Å². The van der Waals surface area contributed by atoms with Crippen LogP contribution in [0.15, 0.2) is 34.8 Å². The highest BCUT2D eigenvalue weighted by Gasteiger charge is 2.16. The number of aryl methyl sites for hydroxylation is 2. The second-order valence-corrected chi connectivity index (χ2v) is 6.92. The van der Waals surface area contributed by atoms with E-state index in [0.29, 0.717) is 0 Å². The molecule has 0 radical (unpaired) electrons. The number of hydrogen-bond donors (Lipinski definition) is 0. The lowest BCUT2D eigenvalue weighted by Gasteiger charge is -2.17. The van der Waals surface area contributed by atoms with Crippen LogP contribution in [0, 0.1) is 13.8 Å². The Labute approximate surface area is 141 Å². The number of rotatable bonds is 3. The first-order chi connectivity index (χ1) is 9.43. The minimum absolute atomic E-state index is 0.109. The van der Waals surface area contributed by atoms with Crippen LogP contribution in [-0.2, 0) is 0 Å². The Morgan fingerprint density at radius 1 is 1.10 bits per heavy atom. The van der Waals surface area contributed by atoms with Crippen LogP contribution >= 0.6 is 43.5 Å². The molecule has 2 rings (SSSR count). The molecule has 106 valence electrons. The highest BCUT2D eigenvalue weighted by molar-refractivity contribution is 9.11. The van der Waals surface area contributed by atoms with Crippen molar-refractivity contribution in [3.63, 3.8) is 0 Å². The average Bonchev–Trinajstić information content (AvgIpc) is 2.37. The molecule has 0 heterocycles. The first-order valence-corrected chi connectivity index (χ1v) is 8.27. The molecule has 0 aliphatic heterocycles. The fraction of sp³-hybridized carbons (Fsp3) is 0.250. The first kappa shape index (κ1) is 15.9. The third-order valence-electron chi connectivity index (χ3n) is 3.21. The van der Waals surface area contributed by atoms with Gasteiger partial charge in [0.05, 0.1) is 11.9 Å². The molecular weight excluding hydrogens is 403 g/mol. The summed E-state index contributed by atoms with van der Waals surface area (Å²) in [7, 11) is 1.70. The second-order valence-electron chi connectivity index (χ2n) is 4.72. The third kappa shape index (κ3) is 3.21. The summed E-state index contributed by atoms with van der Waals surface area (Å²) in [5.41, 5.74) is 4.62. The quantitative estimate of drug-likeness (QED) is 0.538. The van der Waals surface area contributed by atoms with Crippen LogP contribution in [0.1, 0.15) is 27.1 Å². The molecule has 0 saturated carbocycles. The molecule has 20 heavy (non-hydrogen) atoms. The van der Waals surface area contributed by atoms with Crippen molar-refractivity contribution in [2.24, 2.45) is 0 Å². The van der Waals surface area contributed by atoms with Gasteiger partial charge in [-0.1, -0.05) is 61.7 Å². The van der Waals surface area contributed by atoms with Gasteiger partial charge < -0.3 is 4.74 Å². The third-order valence-corrected chi connectivity index (χ3v) is 5.16. The summed E-state index contributed by atoms with van der Waals surface area (Å²) in [4.78, 5) is 0.109. The number of halogens is 3. The Morgan fingerprint density at radius 2 is 1.70 bits per heavy atom. The van der Waals surface area contributed by atoms with E-state index >= 15 is 0 Å². The molecule has 1 atom stereocenters. The number of alkyl halides is 1. The van der Waals surface area contributed by atoms with Gasteiger partial charge in [-0.2, -0.15) is 0 Å². The molecule has 0 aliphatic rings. The molecule has 0 aliphatic carbocycles. The minimum atomic E-state index is 0.109. The zero-order chi connectivity index (χ0) is 14.9. The highest BCUT2D eigenvalue weighted by atomic mass is 79.9. The minimum Gasteiger partial charge on any atom is -0.496 e. The van der Waals surface area contributed by atoms with Crippen LogP contribution < -0.4 is 4.74 Å². The molecule has 4 heteroatoms. The molecule has 2 aromatic rings. The molecular formula is C16H15Br2ClO. The van der Waals surface area contributed by atoms with Crippen LogP contribution in [0.4, 0.5) is 0 Å². The Bertz CT molecular complexity index is 617. The normalized spacial score (nSPS) is 12.3. The van der Waals surface area contributed by atoms with Crippen molar-refractivity contribution in [2.75, 3.05) is 7.11 Å². The van der Waals surface area contributed by atoms with Gasteiger partial charge in [-0.25, -0.2) is 0 Å². The molecule has 0 fully saturated rings. The van der Waals surface area contributed by atoms with Crippen LogP contribution in [-0.4, -0.2) is 7.11 Å². The molecule has 0 bridgehead atoms. The van der Waals surface area contributed by atoms with Crippen molar-refractivity contribution in [3.05, 3.63) is 62.1 Å². The molecule has 0 spiro atoms. The average molecular weight is 419 g/mol. The van der Waals surface area contributed by atoms with E-state index in [1.807, 2.05) is 18.2 Å². The number of hydrogen-bond acceptors (Lipinski definition) is 1. The van der Waals surface area contributed by atoms with Gasteiger partial charge in [0.1, 0.15) is 5.75 Å². The van der Waals surface area contributed by atoms with E-state index in [-0.39, 0.29) is 4.83 Å². The van der Waals surface area contributed by atoms with E-state index in [1.165, 1.54) is 5.56 Å². The maximum Gasteiger partial charge on any atom is 0.124 e. The van der Waals surface area contributed by atoms with Gasteiger partial charge in [0.25, 0.3) is 0 Å². The summed E-state index contributed by atoms with van der Waals surface area (Å²) >= 11 is 13.3. The summed E-state index contributed by atoms with van der Waals surface area (Å²) < 4.78 is 6.41. The summed E-state index contributed by atoms with van der Waals surface area (Å²) in [6.07, 6.45) is 0. The van der Waals surface area contributed by atoms with Crippen molar-refractivity contribution in [3.8, 4) is 5.75 Å². The largest absolute Gasteiger partial charge is 0.496 e. The molecule has 0 aromatic heterocycles. The maximum atomic E-state index is 6.00. The van der Waals surface area contributed by atoms with Crippen molar-refractivity contribution in [1.29, 1.82) is 0 Å². The lowest BCUT2D eigenvalue weighted by atomic mass is 9.99. The van der Waals surface area contributed by atoms with E-state index < -0.39 is 0 Å². The zero-order valence-corrected chi connectivity index (χ0v) is 15.4. The highest BCUT2D eigenvalue weighted by Crippen LogP contribution is 2.38. The van der Waals surface area contributed by atoms with E-state index in [1.54, 1.807) is 7.11 Å². The van der Waals surface area contributed by atoms with Crippen molar-refractivity contribution in [2.45, 2.75) is 18.7 Å². The smallest absolute Gasteiger partial charge is 0.124 e. The van der Waals surface area contributed by atoms with Crippen LogP contribution in [0.25, 0.3) is 0 Å². The molecule has 0 amide bonds. The predicted octanol–water partition coefficient (Wildman–Crippen LogP) is 6.21. The summed E-state index contributed by atoms with van der Waals surface area (Å²) in [5.74, 6) is 0.948. The molecule has 1 unspecified atom stereocenters. The van der Waals surface area contributed by atoms with Gasteiger partial charge >= 0.3 is 0 Å². The summed E-state index contributed by atoms with van der Waals surface area (Å²) in [5, 5.41) is 0.724. The standard InChI is InChI=1S/C16H15Br2ClO/c1-9-6-11(7-10(2)16(9)20-3)15(18)13-5-4-12(19)8-14(13)17/h4-8,15H,1-3H3. The maximum absolute atomic E-state index is 6.00. The van der Waals surface area contributed by atoms with Crippen LogP contribution in [0.5, 0.6) is 5.75 Å². The molecule has 2 aromatic carbocycles. The fourth-order valence-corrected chi connectivity index (χ4v) is 4.22. The predicted molar refractivity (Wildman–Crippen MR) is 92.4 cm³/mol. The SMILES string of the molecule is COc1c(C)cc(C(Br)c2ccc(Cl)cc2Br)cc1C. The lowest BCUT2D eigenvalue weighted by Crippen LogP contribution is -1.98.